The van der Waals surface area contributed by atoms with Crippen LogP contribution in [0, 0.1) is 0 Å². The van der Waals surface area contributed by atoms with Crippen molar-refractivity contribution in [1.29, 1.82) is 0 Å². The maximum Gasteiger partial charge on any atom is 0.337 e. The second-order valence-corrected chi connectivity index (χ2v) is 6.94. The van der Waals surface area contributed by atoms with Crippen molar-refractivity contribution < 1.29 is 23.7 Å². The molecule has 10 heteroatoms. The summed E-state index contributed by atoms with van der Waals surface area (Å²) in [5.41, 5.74) is 0.538. The maximum absolute atomic E-state index is 13.2. The summed E-state index contributed by atoms with van der Waals surface area (Å²) in [6, 6.07) is 3.29. The average molecular weight is 415 g/mol. The summed E-state index contributed by atoms with van der Waals surface area (Å²) in [6.07, 6.45) is 0. The molecular formula is C20H21N3O7. The van der Waals surface area contributed by atoms with Crippen molar-refractivity contribution in [3.8, 4) is 17.2 Å². The summed E-state index contributed by atoms with van der Waals surface area (Å²) in [5, 5.41) is 3.04. The molecule has 1 N–H and O–H groups in total. The van der Waals surface area contributed by atoms with Gasteiger partial charge in [-0.25, -0.2) is 9.59 Å². The van der Waals surface area contributed by atoms with Gasteiger partial charge < -0.3 is 24.3 Å². The third-order valence-corrected chi connectivity index (χ3v) is 5.49. The first-order valence-electron chi connectivity index (χ1n) is 9.11. The van der Waals surface area contributed by atoms with Gasteiger partial charge in [0.15, 0.2) is 11.5 Å². The zero-order valence-corrected chi connectivity index (χ0v) is 17.2. The van der Waals surface area contributed by atoms with Crippen LogP contribution in [0.25, 0.3) is 0 Å². The Kier molecular flexibility index (Phi) is 4.56. The van der Waals surface area contributed by atoms with E-state index in [-0.39, 0.29) is 12.2 Å². The number of hydrogen-bond acceptors (Lipinski definition) is 8. The van der Waals surface area contributed by atoms with E-state index in [0.717, 1.165) is 4.57 Å². The first kappa shape index (κ1) is 19.6. The molecule has 2 aromatic rings. The molecule has 4 rings (SSSR count). The quantitative estimate of drug-likeness (QED) is 0.718. The van der Waals surface area contributed by atoms with Crippen LogP contribution >= 0.6 is 0 Å². The highest BCUT2D eigenvalue weighted by atomic mass is 16.5. The van der Waals surface area contributed by atoms with Gasteiger partial charge in [-0.3, -0.25) is 13.9 Å². The minimum atomic E-state index is -0.827. The van der Waals surface area contributed by atoms with Crippen LogP contribution in [0.4, 0.5) is 5.82 Å². The van der Waals surface area contributed by atoms with E-state index in [2.05, 4.69) is 5.32 Å². The van der Waals surface area contributed by atoms with Crippen molar-refractivity contribution in [1.82, 2.24) is 9.13 Å². The molecular weight excluding hydrogens is 394 g/mol. The fraction of sp³-hybridized carbons (Fsp3) is 0.350. The van der Waals surface area contributed by atoms with Gasteiger partial charge in [0.2, 0.25) is 0 Å². The predicted molar refractivity (Wildman–Crippen MR) is 106 cm³/mol. The smallest absolute Gasteiger partial charge is 0.337 e. The lowest BCUT2D eigenvalue weighted by atomic mass is 9.82. The van der Waals surface area contributed by atoms with E-state index in [9.17, 15) is 14.4 Å². The highest BCUT2D eigenvalue weighted by Crippen LogP contribution is 2.47. The molecule has 30 heavy (non-hydrogen) atoms. The first-order valence-corrected chi connectivity index (χ1v) is 9.11. The van der Waals surface area contributed by atoms with Crippen molar-refractivity contribution in [2.24, 2.45) is 14.1 Å². The molecule has 158 valence electrons. The van der Waals surface area contributed by atoms with Crippen LogP contribution in [-0.2, 0) is 23.6 Å². The van der Waals surface area contributed by atoms with Crippen molar-refractivity contribution >= 4 is 11.8 Å². The molecule has 0 aliphatic carbocycles. The Morgan fingerprint density at radius 1 is 0.967 bits per heavy atom. The number of carbonyl (C=O) groups is 1. The van der Waals surface area contributed by atoms with Gasteiger partial charge in [-0.2, -0.15) is 0 Å². The molecule has 0 saturated heterocycles. The topological polar surface area (TPSA) is 110 Å². The molecule has 3 heterocycles. The number of benzene rings is 1. The Labute approximate surface area is 171 Å². The molecule has 1 aromatic heterocycles. The summed E-state index contributed by atoms with van der Waals surface area (Å²) in [5.74, 6) is 0.176. The molecule has 1 unspecified atom stereocenters. The lowest BCUT2D eigenvalue weighted by Crippen LogP contribution is -2.43. The zero-order chi connectivity index (χ0) is 21.7. The van der Waals surface area contributed by atoms with E-state index >= 15 is 0 Å². The summed E-state index contributed by atoms with van der Waals surface area (Å²) >= 11 is 0. The molecule has 10 nitrogen and oxygen atoms in total. The van der Waals surface area contributed by atoms with Crippen molar-refractivity contribution in [2.75, 3.05) is 33.3 Å². The molecule has 0 spiro atoms. The van der Waals surface area contributed by atoms with Crippen LogP contribution in [-0.4, -0.2) is 43.0 Å². The number of fused-ring (bicyclic) bond motifs is 1. The molecule has 0 bridgehead atoms. The number of anilines is 1. The molecule has 0 fully saturated rings. The third kappa shape index (κ3) is 2.60. The number of rotatable bonds is 4. The Hall–Kier alpha value is -3.69. The van der Waals surface area contributed by atoms with Crippen LogP contribution in [0.5, 0.6) is 17.2 Å². The Morgan fingerprint density at radius 2 is 1.60 bits per heavy atom. The van der Waals surface area contributed by atoms with E-state index in [4.69, 9.17) is 18.9 Å². The van der Waals surface area contributed by atoms with Crippen LogP contribution in [0.15, 0.2) is 33.0 Å². The minimum absolute atomic E-state index is 0.0170. The minimum Gasteiger partial charge on any atom is -0.496 e. The van der Waals surface area contributed by atoms with Crippen molar-refractivity contribution in [3.05, 3.63) is 55.4 Å². The van der Waals surface area contributed by atoms with Gasteiger partial charge in [-0.05, 0) is 6.07 Å². The van der Waals surface area contributed by atoms with Crippen LogP contribution < -0.4 is 30.8 Å². The number of nitrogens with zero attached hydrogens (tertiary/aromatic N) is 2. The largest absolute Gasteiger partial charge is 0.496 e. The van der Waals surface area contributed by atoms with Gasteiger partial charge in [-0.1, -0.05) is 0 Å². The van der Waals surface area contributed by atoms with Gasteiger partial charge in [0.1, 0.15) is 18.2 Å². The number of esters is 1. The number of methoxy groups -OCH3 is 3. The van der Waals surface area contributed by atoms with Crippen LogP contribution in [0.2, 0.25) is 0 Å². The zero-order valence-electron chi connectivity index (χ0n) is 17.2. The van der Waals surface area contributed by atoms with Gasteiger partial charge in [0, 0.05) is 25.7 Å². The fourth-order valence-corrected chi connectivity index (χ4v) is 3.97. The summed E-state index contributed by atoms with van der Waals surface area (Å²) in [4.78, 5) is 38.3. The molecule has 0 radical (unpaired) electrons. The number of ether oxygens (including phenoxy) is 4. The molecule has 1 atom stereocenters. The third-order valence-electron chi connectivity index (χ3n) is 5.49. The summed E-state index contributed by atoms with van der Waals surface area (Å²) in [7, 11) is 7.41. The van der Waals surface area contributed by atoms with E-state index < -0.39 is 23.1 Å². The Balaban J connectivity index is 2.11. The Bertz CT molecular complexity index is 1220. The number of nitrogens with one attached hydrogen (secondary N) is 1. The van der Waals surface area contributed by atoms with E-state index in [1.165, 1.54) is 32.9 Å². The summed E-state index contributed by atoms with van der Waals surface area (Å²) in [6.45, 7) is 0.0170. The number of aromatic nitrogens is 2. The lowest BCUT2D eigenvalue weighted by molar-refractivity contribution is -0.136. The van der Waals surface area contributed by atoms with Gasteiger partial charge >= 0.3 is 11.7 Å². The Morgan fingerprint density at radius 3 is 2.23 bits per heavy atom. The second-order valence-electron chi connectivity index (χ2n) is 6.94. The molecule has 2 aliphatic rings. The van der Waals surface area contributed by atoms with E-state index in [0.29, 0.717) is 39.9 Å². The molecule has 0 saturated carbocycles. The number of cyclic esters (lactones) is 1. The van der Waals surface area contributed by atoms with Gasteiger partial charge in [0.25, 0.3) is 5.56 Å². The van der Waals surface area contributed by atoms with Crippen molar-refractivity contribution in [3.63, 3.8) is 0 Å². The van der Waals surface area contributed by atoms with Crippen LogP contribution in [0.3, 0.4) is 0 Å². The standard InChI is InChI=1S/C20H21N3O7/c1-22-17-16(18(24)23(2)20(22)26)14(15-10(21-17)8-30-19(15)25)9-6-12(28-4)13(29-5)7-11(9)27-3/h6-7,14,21H,8H2,1-5H3. The van der Waals surface area contributed by atoms with Crippen molar-refractivity contribution in [2.45, 2.75) is 5.92 Å². The molecule has 2 aliphatic heterocycles. The van der Waals surface area contributed by atoms with Gasteiger partial charge in [0.05, 0.1) is 44.1 Å². The fourth-order valence-electron chi connectivity index (χ4n) is 3.97. The second kappa shape index (κ2) is 6.97. The number of hydrogen-bond donors (Lipinski definition) is 1. The highest BCUT2D eigenvalue weighted by Gasteiger charge is 2.43. The average Bonchev–Trinajstić information content (AvgIpc) is 3.14. The number of carbonyl (C=O) groups excluding carboxylic acids is 1. The molecule has 0 amide bonds. The maximum atomic E-state index is 13.2. The first-order chi connectivity index (χ1) is 14.3. The van der Waals surface area contributed by atoms with E-state index in [1.54, 1.807) is 19.2 Å². The van der Waals surface area contributed by atoms with Gasteiger partial charge in [-0.15, -0.1) is 0 Å². The monoisotopic (exact) mass is 415 g/mol. The SMILES string of the molecule is COc1cc(OC)c(C2C3=C(COC3=O)Nc3c2c(=O)n(C)c(=O)n3C)cc1OC. The van der Waals surface area contributed by atoms with Crippen LogP contribution in [0.1, 0.15) is 17.0 Å². The normalized spacial score (nSPS) is 17.1. The van der Waals surface area contributed by atoms with E-state index in [1.807, 2.05) is 0 Å². The predicted octanol–water partition coefficient (Wildman–Crippen LogP) is 0.478. The lowest BCUT2D eigenvalue weighted by Gasteiger charge is -2.29. The summed E-state index contributed by atoms with van der Waals surface area (Å²) < 4.78 is 23.9. The highest BCUT2D eigenvalue weighted by molar-refractivity contribution is 5.97. The molecule has 1 aromatic carbocycles.